The molecule has 4 heteroatoms. The number of carbonyl (C=O) groups is 1. The lowest BCUT2D eigenvalue weighted by Crippen LogP contribution is -2.20. The summed E-state index contributed by atoms with van der Waals surface area (Å²) in [6.07, 6.45) is 0. The van der Waals surface area contributed by atoms with Gasteiger partial charge in [0.25, 0.3) is 5.91 Å². The van der Waals surface area contributed by atoms with Crippen LogP contribution in [0.5, 0.6) is 5.75 Å². The van der Waals surface area contributed by atoms with Crippen LogP contribution >= 0.6 is 0 Å². The fraction of sp³-hybridized carbons (Fsp3) is 0.100. The number of amides is 1. The van der Waals surface area contributed by atoms with E-state index in [1.54, 1.807) is 18.2 Å². The molecule has 3 rings (SSSR count). The van der Waals surface area contributed by atoms with Crippen LogP contribution < -0.4 is 10.2 Å². The van der Waals surface area contributed by atoms with Gasteiger partial charge in [0.15, 0.2) is 0 Å². The first-order valence-corrected chi connectivity index (χ1v) is 7.66. The van der Waals surface area contributed by atoms with Crippen molar-refractivity contribution in [2.75, 3.05) is 7.11 Å². The fourth-order valence-electron chi connectivity index (χ4n) is 2.51. The molecule has 0 aliphatic carbocycles. The summed E-state index contributed by atoms with van der Waals surface area (Å²) in [5.74, 6) is 0.223. The van der Waals surface area contributed by atoms with Crippen molar-refractivity contribution in [3.8, 4) is 5.75 Å². The monoisotopic (exact) mass is 318 g/mol. The average Bonchev–Trinajstić information content (AvgIpc) is 2.65. The molecule has 0 atom stereocenters. The lowest BCUT2D eigenvalue weighted by Gasteiger charge is -2.07. The second-order valence-electron chi connectivity index (χ2n) is 5.40. The number of nitrogens with zero attached hydrogens (tertiary/aromatic N) is 1. The molecule has 1 N–H and O–H groups in total. The number of hydrogen-bond acceptors (Lipinski definition) is 3. The van der Waals surface area contributed by atoms with Crippen LogP contribution in [0.4, 0.5) is 0 Å². The van der Waals surface area contributed by atoms with Crippen molar-refractivity contribution in [3.63, 3.8) is 0 Å². The van der Waals surface area contributed by atoms with E-state index >= 15 is 0 Å². The molecule has 0 aliphatic heterocycles. The van der Waals surface area contributed by atoms with Gasteiger partial charge in [-0.3, -0.25) is 4.79 Å². The van der Waals surface area contributed by atoms with Gasteiger partial charge in [-0.25, -0.2) is 5.43 Å². The number of para-hydroxylation sites is 1. The lowest BCUT2D eigenvalue weighted by molar-refractivity contribution is 0.0952. The largest absolute Gasteiger partial charge is 0.496 e. The van der Waals surface area contributed by atoms with E-state index < -0.39 is 0 Å². The Morgan fingerprint density at radius 2 is 1.67 bits per heavy atom. The zero-order valence-electron chi connectivity index (χ0n) is 13.6. The number of rotatable bonds is 4. The van der Waals surface area contributed by atoms with Crippen molar-refractivity contribution in [3.05, 3.63) is 77.9 Å². The van der Waals surface area contributed by atoms with Crippen LogP contribution in [0.1, 0.15) is 22.8 Å². The minimum absolute atomic E-state index is 0.299. The standard InChI is InChI=1S/C20H18N2O2/c1-14(16-12-11-15-7-3-4-8-17(15)13-16)21-22-20(23)18-9-5-6-10-19(18)24-2/h3-13H,1-2H3,(H,22,23)/b21-14+. The van der Waals surface area contributed by atoms with Gasteiger partial charge in [-0.2, -0.15) is 5.10 Å². The van der Waals surface area contributed by atoms with E-state index in [9.17, 15) is 4.79 Å². The van der Waals surface area contributed by atoms with Gasteiger partial charge >= 0.3 is 0 Å². The SMILES string of the molecule is COc1ccccc1C(=O)N/N=C(\C)c1ccc2ccccc2c1. The summed E-state index contributed by atoms with van der Waals surface area (Å²) in [6, 6.07) is 21.3. The molecule has 0 fully saturated rings. The van der Waals surface area contributed by atoms with Gasteiger partial charge in [-0.1, -0.05) is 48.5 Å². The predicted octanol–water partition coefficient (Wildman–Crippen LogP) is 4.00. The second-order valence-corrected chi connectivity index (χ2v) is 5.40. The quantitative estimate of drug-likeness (QED) is 0.584. The van der Waals surface area contributed by atoms with E-state index in [4.69, 9.17) is 4.74 Å². The second kappa shape index (κ2) is 6.96. The molecule has 0 aliphatic rings. The van der Waals surface area contributed by atoms with Crippen LogP contribution in [0, 0.1) is 0 Å². The number of hydrogen-bond donors (Lipinski definition) is 1. The van der Waals surface area contributed by atoms with E-state index in [1.807, 2.05) is 37.3 Å². The lowest BCUT2D eigenvalue weighted by atomic mass is 10.0. The summed E-state index contributed by atoms with van der Waals surface area (Å²) < 4.78 is 5.20. The highest BCUT2D eigenvalue weighted by molar-refractivity contribution is 6.03. The molecule has 0 unspecified atom stereocenters. The number of fused-ring (bicyclic) bond motifs is 1. The molecular weight excluding hydrogens is 300 g/mol. The Hall–Kier alpha value is -3.14. The zero-order valence-corrected chi connectivity index (χ0v) is 13.6. The molecule has 4 nitrogen and oxygen atoms in total. The van der Waals surface area contributed by atoms with Crippen LogP contribution in [0.25, 0.3) is 10.8 Å². The topological polar surface area (TPSA) is 50.7 Å². The number of hydrazone groups is 1. The molecule has 0 spiro atoms. The maximum absolute atomic E-state index is 12.3. The van der Waals surface area contributed by atoms with Gasteiger partial charge in [0.1, 0.15) is 5.75 Å². The van der Waals surface area contributed by atoms with Crippen LogP contribution in [0.3, 0.4) is 0 Å². The van der Waals surface area contributed by atoms with Crippen LogP contribution in [-0.4, -0.2) is 18.7 Å². The highest BCUT2D eigenvalue weighted by atomic mass is 16.5. The van der Waals surface area contributed by atoms with Crippen molar-refractivity contribution in [2.45, 2.75) is 6.92 Å². The molecular formula is C20H18N2O2. The Kier molecular flexibility index (Phi) is 4.57. The molecule has 3 aromatic carbocycles. The van der Waals surface area contributed by atoms with Crippen molar-refractivity contribution in [1.29, 1.82) is 0 Å². The van der Waals surface area contributed by atoms with Crippen LogP contribution in [0.2, 0.25) is 0 Å². The summed E-state index contributed by atoms with van der Waals surface area (Å²) >= 11 is 0. The number of benzene rings is 3. The van der Waals surface area contributed by atoms with Crippen LogP contribution in [-0.2, 0) is 0 Å². The number of methoxy groups -OCH3 is 1. The van der Waals surface area contributed by atoms with Crippen molar-refractivity contribution in [2.24, 2.45) is 5.10 Å². The third-order valence-corrected chi connectivity index (χ3v) is 3.84. The van der Waals surface area contributed by atoms with Crippen molar-refractivity contribution >= 4 is 22.4 Å². The van der Waals surface area contributed by atoms with E-state index in [0.29, 0.717) is 11.3 Å². The van der Waals surface area contributed by atoms with Crippen molar-refractivity contribution in [1.82, 2.24) is 5.43 Å². The molecule has 0 radical (unpaired) electrons. The minimum Gasteiger partial charge on any atom is -0.496 e. The predicted molar refractivity (Wildman–Crippen MR) is 96.6 cm³/mol. The van der Waals surface area contributed by atoms with E-state index in [0.717, 1.165) is 16.7 Å². The summed E-state index contributed by atoms with van der Waals surface area (Å²) in [4.78, 5) is 12.3. The third-order valence-electron chi connectivity index (χ3n) is 3.84. The van der Waals surface area contributed by atoms with E-state index in [1.165, 1.54) is 12.5 Å². The van der Waals surface area contributed by atoms with Gasteiger partial charge in [-0.05, 0) is 41.5 Å². The van der Waals surface area contributed by atoms with Gasteiger partial charge < -0.3 is 4.74 Å². The van der Waals surface area contributed by atoms with Gasteiger partial charge in [-0.15, -0.1) is 0 Å². The summed E-state index contributed by atoms with van der Waals surface area (Å²) in [5.41, 5.74) is 4.75. The first-order chi connectivity index (χ1) is 11.7. The maximum Gasteiger partial charge on any atom is 0.275 e. The molecule has 0 bridgehead atoms. The van der Waals surface area contributed by atoms with Crippen molar-refractivity contribution < 1.29 is 9.53 Å². The normalized spacial score (nSPS) is 11.3. The van der Waals surface area contributed by atoms with Gasteiger partial charge in [0.05, 0.1) is 18.4 Å². The first-order valence-electron chi connectivity index (χ1n) is 7.66. The molecule has 120 valence electrons. The van der Waals surface area contributed by atoms with Crippen LogP contribution in [0.15, 0.2) is 71.8 Å². The highest BCUT2D eigenvalue weighted by Crippen LogP contribution is 2.18. The fourth-order valence-corrected chi connectivity index (χ4v) is 2.51. The summed E-state index contributed by atoms with van der Waals surface area (Å²) in [6.45, 7) is 1.87. The number of carbonyl (C=O) groups excluding carboxylic acids is 1. The Morgan fingerprint density at radius 3 is 2.46 bits per heavy atom. The Labute approximate surface area is 140 Å². The molecule has 24 heavy (non-hydrogen) atoms. The molecule has 0 heterocycles. The van der Waals surface area contributed by atoms with E-state index in [-0.39, 0.29) is 5.91 Å². The molecule has 3 aromatic rings. The molecule has 0 saturated carbocycles. The maximum atomic E-state index is 12.3. The van der Waals surface area contributed by atoms with Gasteiger partial charge in [0.2, 0.25) is 0 Å². The number of ether oxygens (including phenoxy) is 1. The molecule has 0 aromatic heterocycles. The molecule has 0 saturated heterocycles. The summed E-state index contributed by atoms with van der Waals surface area (Å²) in [7, 11) is 1.54. The van der Waals surface area contributed by atoms with Gasteiger partial charge in [0, 0.05) is 0 Å². The number of nitrogens with one attached hydrogen (secondary N) is 1. The van der Waals surface area contributed by atoms with E-state index in [2.05, 4.69) is 28.7 Å². The zero-order chi connectivity index (χ0) is 16.9. The minimum atomic E-state index is -0.299. The third kappa shape index (κ3) is 3.27. The highest BCUT2D eigenvalue weighted by Gasteiger charge is 2.10. The Balaban J connectivity index is 1.81. The Bertz CT molecular complexity index is 916. The Morgan fingerprint density at radius 1 is 0.958 bits per heavy atom. The average molecular weight is 318 g/mol. The molecule has 1 amide bonds. The smallest absolute Gasteiger partial charge is 0.275 e. The first kappa shape index (κ1) is 15.7. The summed E-state index contributed by atoms with van der Waals surface area (Å²) in [5, 5.41) is 6.53.